The minimum Gasteiger partial charge on any atom is -0.392 e. The average Bonchev–Trinajstić information content (AvgIpc) is 2.70. The smallest absolute Gasteiger partial charge is 0.323 e. The van der Waals surface area contributed by atoms with Gasteiger partial charge in [-0.05, 0) is 53.1 Å². The molecule has 0 unspecified atom stereocenters. The van der Waals surface area contributed by atoms with E-state index in [4.69, 9.17) is 34.3 Å². The van der Waals surface area contributed by atoms with Crippen LogP contribution in [0.2, 0.25) is 10.0 Å². The van der Waals surface area contributed by atoms with Crippen molar-refractivity contribution < 1.29 is 14.3 Å². The number of carbonyl (C=O) groups is 1. The second kappa shape index (κ2) is 8.61. The van der Waals surface area contributed by atoms with Gasteiger partial charge >= 0.3 is 6.03 Å². The van der Waals surface area contributed by atoms with E-state index in [0.29, 0.717) is 27.9 Å². The number of benzene rings is 3. The standard InChI is InChI=1S/C21H16Cl2FN3O2/c22-18-2-1-3-19(23)20(18)27(21(26)29)15-6-4-12(11-28)17(9-15)16-7-5-14(24)8-13(16)10-25/h1-10,25,28H,11H2,(H2,26,29). The fourth-order valence-corrected chi connectivity index (χ4v) is 3.63. The molecule has 3 aromatic rings. The fourth-order valence-electron chi connectivity index (χ4n) is 3.06. The number of hydrogen-bond acceptors (Lipinski definition) is 3. The van der Waals surface area contributed by atoms with Gasteiger partial charge in [0.25, 0.3) is 0 Å². The van der Waals surface area contributed by atoms with E-state index >= 15 is 0 Å². The molecule has 0 aliphatic carbocycles. The molecule has 0 radical (unpaired) electrons. The largest absolute Gasteiger partial charge is 0.392 e. The zero-order valence-electron chi connectivity index (χ0n) is 15.0. The molecular weight excluding hydrogens is 416 g/mol. The van der Waals surface area contributed by atoms with Crippen molar-refractivity contribution >= 4 is 46.8 Å². The first-order valence-corrected chi connectivity index (χ1v) is 9.20. The number of halogens is 3. The van der Waals surface area contributed by atoms with Crippen molar-refractivity contribution in [2.24, 2.45) is 5.73 Å². The summed E-state index contributed by atoms with van der Waals surface area (Å²) in [6.45, 7) is -0.298. The number of aliphatic hydroxyl groups excluding tert-OH is 1. The highest BCUT2D eigenvalue weighted by atomic mass is 35.5. The van der Waals surface area contributed by atoms with Gasteiger partial charge in [0.15, 0.2) is 0 Å². The van der Waals surface area contributed by atoms with E-state index in [9.17, 15) is 14.3 Å². The quantitative estimate of drug-likeness (QED) is 0.465. The molecule has 0 saturated carbocycles. The molecule has 0 spiro atoms. The van der Waals surface area contributed by atoms with Gasteiger partial charge in [-0.1, -0.05) is 41.4 Å². The Labute approximate surface area is 176 Å². The molecular formula is C21H16Cl2FN3O2. The minimum atomic E-state index is -0.811. The Morgan fingerprint density at radius 2 is 1.79 bits per heavy atom. The lowest BCUT2D eigenvalue weighted by Crippen LogP contribution is -2.32. The van der Waals surface area contributed by atoms with Gasteiger partial charge in [0.2, 0.25) is 0 Å². The van der Waals surface area contributed by atoms with Gasteiger partial charge < -0.3 is 16.2 Å². The third kappa shape index (κ3) is 4.10. The van der Waals surface area contributed by atoms with Crippen LogP contribution in [0.3, 0.4) is 0 Å². The van der Waals surface area contributed by atoms with Crippen molar-refractivity contribution in [2.45, 2.75) is 6.61 Å². The van der Waals surface area contributed by atoms with Crippen LogP contribution in [0.25, 0.3) is 11.1 Å². The Kier molecular flexibility index (Phi) is 6.17. The number of hydrogen-bond donors (Lipinski definition) is 3. The monoisotopic (exact) mass is 431 g/mol. The molecule has 0 aliphatic rings. The summed E-state index contributed by atoms with van der Waals surface area (Å²) in [6.07, 6.45) is 1.02. The summed E-state index contributed by atoms with van der Waals surface area (Å²) in [7, 11) is 0. The van der Waals surface area contributed by atoms with Crippen molar-refractivity contribution in [2.75, 3.05) is 4.90 Å². The van der Waals surface area contributed by atoms with Crippen molar-refractivity contribution in [3.63, 3.8) is 0 Å². The average molecular weight is 432 g/mol. The van der Waals surface area contributed by atoms with Gasteiger partial charge in [-0.2, -0.15) is 0 Å². The molecule has 148 valence electrons. The van der Waals surface area contributed by atoms with Crippen molar-refractivity contribution in [3.8, 4) is 11.1 Å². The van der Waals surface area contributed by atoms with Gasteiger partial charge in [0.1, 0.15) is 5.82 Å². The van der Waals surface area contributed by atoms with Crippen LogP contribution in [0, 0.1) is 11.2 Å². The minimum absolute atomic E-state index is 0.220. The van der Waals surface area contributed by atoms with Crippen molar-refractivity contribution in [3.05, 3.63) is 81.6 Å². The first-order valence-electron chi connectivity index (χ1n) is 8.45. The van der Waals surface area contributed by atoms with Gasteiger partial charge in [-0.25, -0.2) is 9.18 Å². The van der Waals surface area contributed by atoms with E-state index in [-0.39, 0.29) is 22.3 Å². The number of nitrogens with zero attached hydrogens (tertiary/aromatic N) is 1. The first-order chi connectivity index (χ1) is 13.9. The van der Waals surface area contributed by atoms with Crippen molar-refractivity contribution in [1.82, 2.24) is 0 Å². The predicted octanol–water partition coefficient (Wildman–Crippen LogP) is 5.51. The van der Waals surface area contributed by atoms with Crippen LogP contribution in [-0.4, -0.2) is 17.4 Å². The Bertz CT molecular complexity index is 1090. The Morgan fingerprint density at radius 1 is 1.10 bits per heavy atom. The van der Waals surface area contributed by atoms with Gasteiger partial charge in [-0.15, -0.1) is 0 Å². The lowest BCUT2D eigenvalue weighted by Gasteiger charge is -2.24. The topological polar surface area (TPSA) is 90.4 Å². The van der Waals surface area contributed by atoms with Crippen LogP contribution in [-0.2, 0) is 6.61 Å². The number of anilines is 2. The van der Waals surface area contributed by atoms with Crippen LogP contribution in [0.15, 0.2) is 54.6 Å². The number of urea groups is 1. The number of para-hydroxylation sites is 1. The SMILES string of the molecule is N=Cc1cc(F)ccc1-c1cc(N(C(N)=O)c2c(Cl)cccc2Cl)ccc1CO. The first kappa shape index (κ1) is 20.8. The number of nitrogens with two attached hydrogens (primary N) is 1. The summed E-state index contributed by atoms with van der Waals surface area (Å²) < 4.78 is 13.6. The molecule has 0 aliphatic heterocycles. The zero-order valence-corrected chi connectivity index (χ0v) is 16.5. The Balaban J connectivity index is 2.25. The second-order valence-corrected chi connectivity index (χ2v) is 6.93. The Hall–Kier alpha value is -2.93. The molecule has 0 atom stereocenters. The van der Waals surface area contributed by atoms with Crippen LogP contribution in [0.4, 0.5) is 20.6 Å². The fraction of sp³-hybridized carbons (Fsp3) is 0.0476. The molecule has 8 heteroatoms. The summed E-state index contributed by atoms with van der Waals surface area (Å²) in [5.41, 5.74) is 8.05. The van der Waals surface area contributed by atoms with Crippen LogP contribution < -0.4 is 10.6 Å². The highest BCUT2D eigenvalue weighted by Gasteiger charge is 2.22. The third-order valence-electron chi connectivity index (χ3n) is 4.36. The number of carbonyl (C=O) groups excluding carboxylic acids is 1. The van der Waals surface area contributed by atoms with E-state index in [0.717, 1.165) is 11.1 Å². The van der Waals surface area contributed by atoms with Gasteiger partial charge in [0.05, 0.1) is 28.0 Å². The summed E-state index contributed by atoms with van der Waals surface area (Å²) in [5.74, 6) is -0.490. The third-order valence-corrected chi connectivity index (χ3v) is 4.97. The molecule has 0 saturated heterocycles. The van der Waals surface area contributed by atoms with E-state index < -0.39 is 11.8 Å². The van der Waals surface area contributed by atoms with E-state index in [2.05, 4.69) is 0 Å². The number of nitrogens with one attached hydrogen (secondary N) is 1. The summed E-state index contributed by atoms with van der Waals surface area (Å²) in [4.78, 5) is 13.4. The zero-order chi connectivity index (χ0) is 21.1. The lowest BCUT2D eigenvalue weighted by atomic mass is 9.95. The molecule has 0 bridgehead atoms. The number of rotatable bonds is 5. The number of aliphatic hydroxyl groups is 1. The maximum atomic E-state index is 13.6. The summed E-state index contributed by atoms with van der Waals surface area (Å²) in [5, 5.41) is 17.8. The molecule has 0 aromatic heterocycles. The molecule has 3 rings (SSSR count). The summed E-state index contributed by atoms with van der Waals surface area (Å²) in [6, 6.07) is 12.8. The molecule has 2 amide bonds. The Morgan fingerprint density at radius 3 is 2.38 bits per heavy atom. The van der Waals surface area contributed by atoms with E-state index in [1.807, 2.05) is 0 Å². The van der Waals surface area contributed by atoms with Crippen molar-refractivity contribution in [1.29, 1.82) is 5.41 Å². The number of primary amides is 1. The molecule has 29 heavy (non-hydrogen) atoms. The molecule has 0 heterocycles. The molecule has 4 N–H and O–H groups in total. The predicted molar refractivity (Wildman–Crippen MR) is 114 cm³/mol. The maximum absolute atomic E-state index is 13.6. The van der Waals surface area contributed by atoms with Crippen LogP contribution in [0.1, 0.15) is 11.1 Å². The highest BCUT2D eigenvalue weighted by Crippen LogP contribution is 2.40. The van der Waals surface area contributed by atoms with Gasteiger partial charge in [-0.3, -0.25) is 4.90 Å². The van der Waals surface area contributed by atoms with Gasteiger partial charge in [0, 0.05) is 11.8 Å². The lowest BCUT2D eigenvalue weighted by molar-refractivity contribution is 0.256. The second-order valence-electron chi connectivity index (χ2n) is 6.12. The molecule has 0 fully saturated rings. The maximum Gasteiger partial charge on any atom is 0.323 e. The van der Waals surface area contributed by atoms with E-state index in [1.165, 1.54) is 18.2 Å². The van der Waals surface area contributed by atoms with Crippen LogP contribution in [0.5, 0.6) is 0 Å². The molecule has 3 aromatic carbocycles. The number of amides is 2. The van der Waals surface area contributed by atoms with Crippen LogP contribution >= 0.6 is 23.2 Å². The molecule has 5 nitrogen and oxygen atoms in total. The highest BCUT2D eigenvalue weighted by molar-refractivity contribution is 6.40. The summed E-state index contributed by atoms with van der Waals surface area (Å²) >= 11 is 12.5. The van der Waals surface area contributed by atoms with E-state index in [1.54, 1.807) is 36.4 Å². The normalized spacial score (nSPS) is 10.6.